The molecule has 0 aliphatic carbocycles. The van der Waals surface area contributed by atoms with Gasteiger partial charge in [-0.2, -0.15) is 0 Å². The van der Waals surface area contributed by atoms with E-state index in [0.29, 0.717) is 11.5 Å². The minimum atomic E-state index is -0.539. The minimum absolute atomic E-state index is 0.153. The summed E-state index contributed by atoms with van der Waals surface area (Å²) in [5, 5.41) is 2.83. The van der Waals surface area contributed by atoms with Crippen molar-refractivity contribution in [2.45, 2.75) is 33.2 Å². The summed E-state index contributed by atoms with van der Waals surface area (Å²) in [6, 6.07) is 11.1. The number of nitrogens with one attached hydrogen (secondary N) is 1. The van der Waals surface area contributed by atoms with E-state index in [1.807, 2.05) is 19.1 Å². The summed E-state index contributed by atoms with van der Waals surface area (Å²) in [5.41, 5.74) is 2.67. The number of nitrogens with zero attached hydrogens (tertiary/aromatic N) is 1. The molecule has 0 saturated carbocycles. The van der Waals surface area contributed by atoms with Gasteiger partial charge in [0.2, 0.25) is 0 Å². The van der Waals surface area contributed by atoms with E-state index < -0.39 is 5.97 Å². The number of carbonyl (C=O) groups excluding carboxylic acids is 2. The van der Waals surface area contributed by atoms with Crippen LogP contribution < -0.4 is 5.32 Å². The molecule has 0 aliphatic rings. The third kappa shape index (κ3) is 6.03. The highest BCUT2D eigenvalue weighted by molar-refractivity contribution is 5.91. The van der Waals surface area contributed by atoms with Crippen LogP contribution in [-0.2, 0) is 16.0 Å². The second-order valence-electron chi connectivity index (χ2n) is 6.44. The van der Waals surface area contributed by atoms with E-state index in [0.717, 1.165) is 12.0 Å². The first-order valence-electron chi connectivity index (χ1n) is 8.41. The Labute approximate surface area is 148 Å². The molecule has 1 amide bonds. The van der Waals surface area contributed by atoms with Crippen LogP contribution in [0.2, 0.25) is 0 Å². The summed E-state index contributed by atoms with van der Waals surface area (Å²) in [5.74, 6) is -0.262. The lowest BCUT2D eigenvalue weighted by atomic mass is 10.00. The lowest BCUT2D eigenvalue weighted by Crippen LogP contribution is -2.31. The molecule has 132 valence electrons. The Bertz CT molecular complexity index is 697. The van der Waals surface area contributed by atoms with Crippen molar-refractivity contribution in [1.82, 2.24) is 10.3 Å². The molecule has 0 aliphatic heterocycles. The van der Waals surface area contributed by atoms with Crippen LogP contribution in [0.4, 0.5) is 0 Å². The Kier molecular flexibility index (Phi) is 6.69. The van der Waals surface area contributed by atoms with Crippen molar-refractivity contribution in [3.63, 3.8) is 0 Å². The van der Waals surface area contributed by atoms with Gasteiger partial charge in [0.15, 0.2) is 6.61 Å². The lowest BCUT2D eigenvalue weighted by molar-refractivity contribution is -0.124. The van der Waals surface area contributed by atoms with Crippen LogP contribution in [0.15, 0.2) is 48.8 Å². The molecule has 0 bridgehead atoms. The molecule has 2 rings (SSSR count). The maximum absolute atomic E-state index is 12.0. The molecule has 5 heteroatoms. The van der Waals surface area contributed by atoms with E-state index >= 15 is 0 Å². The molecule has 0 unspecified atom stereocenters. The van der Waals surface area contributed by atoms with Gasteiger partial charge in [0.25, 0.3) is 5.91 Å². The number of carbonyl (C=O) groups is 2. The van der Waals surface area contributed by atoms with Gasteiger partial charge in [-0.3, -0.25) is 9.78 Å². The van der Waals surface area contributed by atoms with Gasteiger partial charge < -0.3 is 10.1 Å². The molecular weight excluding hydrogens is 316 g/mol. The summed E-state index contributed by atoms with van der Waals surface area (Å²) < 4.78 is 5.01. The fraction of sp³-hybridized carbons (Fsp3) is 0.350. The molecule has 0 radical (unpaired) electrons. The monoisotopic (exact) mass is 340 g/mol. The van der Waals surface area contributed by atoms with Crippen molar-refractivity contribution in [2.75, 3.05) is 6.61 Å². The largest absolute Gasteiger partial charge is 0.452 e. The lowest BCUT2D eigenvalue weighted by Gasteiger charge is -2.15. The molecule has 1 aromatic heterocycles. The summed E-state index contributed by atoms with van der Waals surface area (Å²) >= 11 is 0. The molecule has 0 saturated heterocycles. The molecule has 5 nitrogen and oxygen atoms in total. The minimum Gasteiger partial charge on any atom is -0.452 e. The van der Waals surface area contributed by atoms with Gasteiger partial charge >= 0.3 is 5.97 Å². The van der Waals surface area contributed by atoms with Gasteiger partial charge in [-0.05, 0) is 42.5 Å². The van der Waals surface area contributed by atoms with Gasteiger partial charge in [0, 0.05) is 12.4 Å². The van der Waals surface area contributed by atoms with E-state index in [1.54, 1.807) is 12.1 Å². The highest BCUT2D eigenvalue weighted by Gasteiger charge is 2.13. The second kappa shape index (κ2) is 8.97. The summed E-state index contributed by atoms with van der Waals surface area (Å²) in [6.07, 6.45) is 4.04. The molecular formula is C20H24N2O3. The standard InChI is InChI=1S/C20H24N2O3/c1-14(2)12-16-4-6-17(7-5-16)15(3)22-19(23)13-25-20(24)18-8-10-21-11-9-18/h4-11,14-15H,12-13H2,1-3H3,(H,22,23)/t15-/m1/s1. The number of hydrogen-bond donors (Lipinski definition) is 1. The molecule has 25 heavy (non-hydrogen) atoms. The van der Waals surface area contributed by atoms with Crippen molar-refractivity contribution in [2.24, 2.45) is 5.92 Å². The predicted octanol–water partition coefficient (Wildman–Crippen LogP) is 3.31. The zero-order chi connectivity index (χ0) is 18.2. The zero-order valence-electron chi connectivity index (χ0n) is 14.9. The Morgan fingerprint density at radius 1 is 1.04 bits per heavy atom. The van der Waals surface area contributed by atoms with E-state index in [-0.39, 0.29) is 18.6 Å². The summed E-state index contributed by atoms with van der Waals surface area (Å²) in [7, 11) is 0. The Morgan fingerprint density at radius 2 is 1.68 bits per heavy atom. The van der Waals surface area contributed by atoms with Crippen LogP contribution in [0, 0.1) is 5.92 Å². The summed E-state index contributed by atoms with van der Waals surface area (Å²) in [4.78, 5) is 27.6. The Balaban J connectivity index is 1.82. The molecule has 1 heterocycles. The van der Waals surface area contributed by atoms with E-state index in [2.05, 4.69) is 36.3 Å². The number of hydrogen-bond acceptors (Lipinski definition) is 4. The number of ether oxygens (including phenoxy) is 1. The number of benzene rings is 1. The van der Waals surface area contributed by atoms with Crippen molar-refractivity contribution < 1.29 is 14.3 Å². The predicted molar refractivity (Wildman–Crippen MR) is 96.1 cm³/mol. The van der Waals surface area contributed by atoms with Crippen LogP contribution >= 0.6 is 0 Å². The number of esters is 1. The van der Waals surface area contributed by atoms with Gasteiger partial charge in [-0.1, -0.05) is 38.1 Å². The maximum Gasteiger partial charge on any atom is 0.338 e. The quantitative estimate of drug-likeness (QED) is 0.785. The Morgan fingerprint density at radius 3 is 2.28 bits per heavy atom. The van der Waals surface area contributed by atoms with Crippen LogP contribution in [0.3, 0.4) is 0 Å². The van der Waals surface area contributed by atoms with Gasteiger partial charge in [0.1, 0.15) is 0 Å². The van der Waals surface area contributed by atoms with Crippen LogP contribution in [0.5, 0.6) is 0 Å². The first-order chi connectivity index (χ1) is 12.0. The first kappa shape index (κ1) is 18.6. The fourth-order valence-electron chi connectivity index (χ4n) is 2.48. The number of rotatable bonds is 7. The molecule has 2 aromatic rings. The van der Waals surface area contributed by atoms with Crippen molar-refractivity contribution in [3.8, 4) is 0 Å². The van der Waals surface area contributed by atoms with Gasteiger partial charge in [0.05, 0.1) is 11.6 Å². The number of amides is 1. The zero-order valence-corrected chi connectivity index (χ0v) is 14.9. The first-order valence-corrected chi connectivity index (χ1v) is 8.41. The molecule has 0 fully saturated rings. The molecule has 1 N–H and O–H groups in total. The van der Waals surface area contributed by atoms with E-state index in [9.17, 15) is 9.59 Å². The van der Waals surface area contributed by atoms with E-state index in [1.165, 1.54) is 18.0 Å². The highest BCUT2D eigenvalue weighted by atomic mass is 16.5. The number of pyridine rings is 1. The average Bonchev–Trinajstić information content (AvgIpc) is 2.60. The van der Waals surface area contributed by atoms with Crippen LogP contribution in [0.25, 0.3) is 0 Å². The van der Waals surface area contributed by atoms with Gasteiger partial charge in [-0.15, -0.1) is 0 Å². The highest BCUT2D eigenvalue weighted by Crippen LogP contribution is 2.15. The smallest absolute Gasteiger partial charge is 0.338 e. The fourth-order valence-corrected chi connectivity index (χ4v) is 2.48. The SMILES string of the molecule is CC(C)Cc1ccc([C@@H](C)NC(=O)COC(=O)c2ccncc2)cc1. The second-order valence-corrected chi connectivity index (χ2v) is 6.44. The molecule has 0 spiro atoms. The summed E-state index contributed by atoms with van der Waals surface area (Å²) in [6.45, 7) is 5.96. The molecule has 1 atom stereocenters. The van der Waals surface area contributed by atoms with Crippen LogP contribution in [-0.4, -0.2) is 23.5 Å². The Hall–Kier alpha value is -2.69. The van der Waals surface area contributed by atoms with Gasteiger partial charge in [-0.25, -0.2) is 4.79 Å². The van der Waals surface area contributed by atoms with Crippen molar-refractivity contribution in [1.29, 1.82) is 0 Å². The maximum atomic E-state index is 12.0. The molecule has 1 aromatic carbocycles. The third-order valence-corrected chi connectivity index (χ3v) is 3.75. The normalized spacial score (nSPS) is 11.8. The average molecular weight is 340 g/mol. The van der Waals surface area contributed by atoms with Crippen LogP contribution in [0.1, 0.15) is 48.3 Å². The van der Waals surface area contributed by atoms with Crippen molar-refractivity contribution >= 4 is 11.9 Å². The topological polar surface area (TPSA) is 68.3 Å². The third-order valence-electron chi connectivity index (χ3n) is 3.75. The van der Waals surface area contributed by atoms with Crippen molar-refractivity contribution in [3.05, 3.63) is 65.5 Å². The van der Waals surface area contributed by atoms with E-state index in [4.69, 9.17) is 4.74 Å². The number of aromatic nitrogens is 1.